The molecule has 33 heavy (non-hydrogen) atoms. The molecule has 0 aromatic heterocycles. The van der Waals surface area contributed by atoms with Gasteiger partial charge in [0.2, 0.25) is 0 Å². The molecule has 1 unspecified atom stereocenters. The molecule has 0 spiro atoms. The third-order valence-electron chi connectivity index (χ3n) is 5.82. The lowest BCUT2D eigenvalue weighted by molar-refractivity contribution is -0.156. The Hall–Kier alpha value is -2.27. The van der Waals surface area contributed by atoms with Gasteiger partial charge in [0.1, 0.15) is 23.6 Å². The molecule has 1 aliphatic rings. The molecule has 1 N–H and O–H groups in total. The number of Topliss-reactive ketones (excluding diaryl/α,β-unsaturated/α-hetero) is 1. The van der Waals surface area contributed by atoms with Crippen molar-refractivity contribution < 1.29 is 23.8 Å². The fourth-order valence-electron chi connectivity index (χ4n) is 4.87. The number of ketones is 1. The Labute approximate surface area is 197 Å². The normalized spacial score (nSPS) is 19.0. The molecule has 4 nitrogen and oxygen atoms in total. The van der Waals surface area contributed by atoms with Crippen LogP contribution in [-0.4, -0.2) is 28.6 Å². The molecule has 0 aliphatic heterocycles. The summed E-state index contributed by atoms with van der Waals surface area (Å²) in [6.07, 6.45) is 3.79. The number of halogens is 1. The number of benzene rings is 1. The molecular weight excluding hydrogens is 419 g/mol. The van der Waals surface area contributed by atoms with Gasteiger partial charge in [0.25, 0.3) is 0 Å². The Morgan fingerprint density at radius 2 is 1.85 bits per heavy atom. The predicted molar refractivity (Wildman–Crippen MR) is 130 cm³/mol. The Bertz CT molecular complexity index is 961. The minimum absolute atomic E-state index is 0.0699. The highest BCUT2D eigenvalue weighted by atomic mass is 19.1. The zero-order chi connectivity index (χ0) is 25.2. The van der Waals surface area contributed by atoms with Gasteiger partial charge < -0.3 is 9.84 Å². The summed E-state index contributed by atoms with van der Waals surface area (Å²) in [5.74, 6) is -1.19. The molecule has 0 fully saturated rings. The number of ether oxygens (including phenoxy) is 1. The minimum atomic E-state index is -1.01. The summed E-state index contributed by atoms with van der Waals surface area (Å²) in [5, 5.41) is 10.5. The first-order chi connectivity index (χ1) is 15.0. The summed E-state index contributed by atoms with van der Waals surface area (Å²) >= 11 is 0. The van der Waals surface area contributed by atoms with Gasteiger partial charge in [-0.1, -0.05) is 45.9 Å². The Morgan fingerprint density at radius 1 is 1.21 bits per heavy atom. The Kier molecular flexibility index (Phi) is 8.11. The topological polar surface area (TPSA) is 63.6 Å². The summed E-state index contributed by atoms with van der Waals surface area (Å²) in [7, 11) is 0. The van der Waals surface area contributed by atoms with Crippen molar-refractivity contribution in [3.63, 3.8) is 0 Å². The predicted octanol–water partition coefficient (Wildman–Crippen LogP) is 6.34. The average molecular weight is 459 g/mol. The van der Waals surface area contributed by atoms with Crippen molar-refractivity contribution in [2.75, 3.05) is 0 Å². The van der Waals surface area contributed by atoms with E-state index in [1.54, 1.807) is 33.8 Å². The van der Waals surface area contributed by atoms with Gasteiger partial charge in [0.05, 0.1) is 6.10 Å². The Morgan fingerprint density at radius 3 is 2.42 bits per heavy atom. The number of hydrogen-bond donors (Lipinski definition) is 1. The lowest BCUT2D eigenvalue weighted by Crippen LogP contribution is -2.30. The van der Waals surface area contributed by atoms with E-state index in [2.05, 4.69) is 27.7 Å². The van der Waals surface area contributed by atoms with Crippen LogP contribution in [0, 0.1) is 23.6 Å². The second kappa shape index (κ2) is 9.92. The highest BCUT2D eigenvalue weighted by Gasteiger charge is 2.38. The van der Waals surface area contributed by atoms with Crippen LogP contribution >= 0.6 is 0 Å². The van der Waals surface area contributed by atoms with Crippen molar-refractivity contribution in [1.29, 1.82) is 0 Å². The van der Waals surface area contributed by atoms with Crippen LogP contribution in [0.2, 0.25) is 0 Å². The van der Waals surface area contributed by atoms with E-state index in [0.29, 0.717) is 5.56 Å². The maximum absolute atomic E-state index is 13.9. The van der Waals surface area contributed by atoms with Gasteiger partial charge in [-0.15, -0.1) is 0 Å². The number of rotatable bonds is 7. The number of aliphatic hydroxyl groups excluding tert-OH is 1. The van der Waals surface area contributed by atoms with Crippen LogP contribution in [0.1, 0.15) is 85.3 Å². The van der Waals surface area contributed by atoms with E-state index in [0.717, 1.165) is 29.6 Å². The summed E-state index contributed by atoms with van der Waals surface area (Å²) in [6, 6.07) is 5.18. The molecule has 5 heteroatoms. The van der Waals surface area contributed by atoms with E-state index in [9.17, 15) is 19.1 Å². The second-order valence-corrected chi connectivity index (χ2v) is 11.7. The van der Waals surface area contributed by atoms with E-state index in [1.165, 1.54) is 6.07 Å². The summed E-state index contributed by atoms with van der Waals surface area (Å²) in [6.45, 7) is 15.8. The smallest absolute Gasteiger partial charge is 0.313 e. The van der Waals surface area contributed by atoms with Crippen molar-refractivity contribution in [2.45, 2.75) is 92.8 Å². The van der Waals surface area contributed by atoms with Gasteiger partial charge in [0, 0.05) is 6.42 Å². The zero-order valence-corrected chi connectivity index (χ0v) is 21.3. The first-order valence-corrected chi connectivity index (χ1v) is 11.6. The largest absolute Gasteiger partial charge is 0.460 e. The quantitative estimate of drug-likeness (QED) is 0.382. The third kappa shape index (κ3) is 7.92. The van der Waals surface area contributed by atoms with Crippen LogP contribution in [0.5, 0.6) is 0 Å². The SMILES string of the molecule is Cc1cc(C2=C(/C=C/C(O)CC(=O)CC(=O)OC(C)(C)C)C(C)(C)CC(C)(C)C2)ccc1F. The highest BCUT2D eigenvalue weighted by molar-refractivity contribution is 5.96. The first-order valence-electron chi connectivity index (χ1n) is 11.6. The van der Waals surface area contributed by atoms with Crippen LogP contribution in [-0.2, 0) is 14.3 Å². The molecule has 1 aromatic rings. The van der Waals surface area contributed by atoms with E-state index in [4.69, 9.17) is 4.74 Å². The van der Waals surface area contributed by atoms with Crippen molar-refractivity contribution in [1.82, 2.24) is 0 Å². The van der Waals surface area contributed by atoms with Crippen LogP contribution in [0.15, 0.2) is 35.9 Å². The number of carbonyl (C=O) groups excluding carboxylic acids is 2. The molecule has 1 aliphatic carbocycles. The minimum Gasteiger partial charge on any atom is -0.460 e. The van der Waals surface area contributed by atoms with Crippen LogP contribution in [0.25, 0.3) is 5.57 Å². The molecule has 0 saturated carbocycles. The molecule has 0 bridgehead atoms. The zero-order valence-electron chi connectivity index (χ0n) is 21.3. The lowest BCUT2D eigenvalue weighted by atomic mass is 9.61. The average Bonchev–Trinajstić information content (AvgIpc) is 2.59. The summed E-state index contributed by atoms with van der Waals surface area (Å²) in [4.78, 5) is 24.1. The highest BCUT2D eigenvalue weighted by Crippen LogP contribution is 2.52. The van der Waals surface area contributed by atoms with Gasteiger partial charge in [-0.2, -0.15) is 0 Å². The molecule has 2 rings (SSSR count). The molecule has 0 amide bonds. The van der Waals surface area contributed by atoms with E-state index in [-0.39, 0.29) is 35.3 Å². The van der Waals surface area contributed by atoms with Crippen LogP contribution in [0.4, 0.5) is 4.39 Å². The van der Waals surface area contributed by atoms with Crippen molar-refractivity contribution in [3.8, 4) is 0 Å². The molecule has 1 aromatic carbocycles. The molecule has 0 heterocycles. The number of esters is 1. The van der Waals surface area contributed by atoms with Gasteiger partial charge in [-0.3, -0.25) is 9.59 Å². The number of allylic oxidation sites excluding steroid dienone is 3. The first kappa shape index (κ1) is 27.0. The number of aryl methyl sites for hydroxylation is 1. The molecule has 182 valence electrons. The monoisotopic (exact) mass is 458 g/mol. The number of hydrogen-bond acceptors (Lipinski definition) is 4. The standard InChI is InChI=1S/C28H39FO4/c1-18-13-19(9-12-24(18)29)22-16-27(5,6)17-28(7,8)23(22)11-10-20(30)14-21(31)15-25(32)33-26(2,3)4/h9-13,20,30H,14-17H2,1-8H3/b11-10+. The molecule has 0 saturated heterocycles. The maximum atomic E-state index is 13.9. The van der Waals surface area contributed by atoms with E-state index >= 15 is 0 Å². The summed E-state index contributed by atoms with van der Waals surface area (Å²) < 4.78 is 19.1. The lowest BCUT2D eigenvalue weighted by Gasteiger charge is -2.43. The molecule has 1 atom stereocenters. The van der Waals surface area contributed by atoms with Gasteiger partial charge in [0.15, 0.2) is 0 Å². The maximum Gasteiger partial charge on any atom is 0.313 e. The van der Waals surface area contributed by atoms with Crippen molar-refractivity contribution >= 4 is 17.3 Å². The number of aliphatic hydroxyl groups is 1. The third-order valence-corrected chi connectivity index (χ3v) is 5.82. The second-order valence-electron chi connectivity index (χ2n) is 11.7. The van der Waals surface area contributed by atoms with Gasteiger partial charge in [-0.05, 0) is 85.8 Å². The molecule has 0 radical (unpaired) electrons. The van der Waals surface area contributed by atoms with E-state index in [1.807, 2.05) is 18.2 Å². The van der Waals surface area contributed by atoms with Crippen LogP contribution in [0.3, 0.4) is 0 Å². The number of carbonyl (C=O) groups is 2. The fourth-order valence-corrected chi connectivity index (χ4v) is 4.87. The van der Waals surface area contributed by atoms with E-state index < -0.39 is 17.7 Å². The Balaban J connectivity index is 2.27. The van der Waals surface area contributed by atoms with Crippen LogP contribution < -0.4 is 0 Å². The molecular formula is C28H39FO4. The van der Waals surface area contributed by atoms with Gasteiger partial charge >= 0.3 is 5.97 Å². The van der Waals surface area contributed by atoms with Crippen molar-refractivity contribution in [3.05, 3.63) is 52.9 Å². The fraction of sp³-hybridized carbons (Fsp3) is 0.571. The summed E-state index contributed by atoms with van der Waals surface area (Å²) in [5.41, 5.74) is 3.02. The van der Waals surface area contributed by atoms with Crippen molar-refractivity contribution in [2.24, 2.45) is 10.8 Å². The van der Waals surface area contributed by atoms with Gasteiger partial charge in [-0.25, -0.2) is 4.39 Å².